The SMILES string of the molecule is COc1ccc(-n2c(O)c(CO)oc2=O)cc1. The molecule has 0 aliphatic heterocycles. The highest BCUT2D eigenvalue weighted by atomic mass is 16.5. The van der Waals surface area contributed by atoms with Crippen molar-refractivity contribution in [2.24, 2.45) is 0 Å². The summed E-state index contributed by atoms with van der Waals surface area (Å²) in [5, 5.41) is 18.5. The second-order valence-corrected chi connectivity index (χ2v) is 3.31. The van der Waals surface area contributed by atoms with Crippen molar-refractivity contribution >= 4 is 0 Å². The van der Waals surface area contributed by atoms with Crippen molar-refractivity contribution in [3.63, 3.8) is 0 Å². The van der Waals surface area contributed by atoms with Gasteiger partial charge in [0.15, 0.2) is 5.76 Å². The normalized spacial score (nSPS) is 10.5. The predicted molar refractivity (Wildman–Crippen MR) is 58.4 cm³/mol. The lowest BCUT2D eigenvalue weighted by atomic mass is 10.3. The molecular weight excluding hydrogens is 226 g/mol. The minimum absolute atomic E-state index is 0.161. The fraction of sp³-hybridized carbons (Fsp3) is 0.182. The Morgan fingerprint density at radius 3 is 2.47 bits per heavy atom. The Kier molecular flexibility index (Phi) is 2.88. The monoisotopic (exact) mass is 237 g/mol. The summed E-state index contributed by atoms with van der Waals surface area (Å²) in [6.07, 6.45) is 0. The van der Waals surface area contributed by atoms with Gasteiger partial charge in [-0.2, -0.15) is 0 Å². The Balaban J connectivity index is 2.52. The van der Waals surface area contributed by atoms with Crippen LogP contribution in [0.25, 0.3) is 5.69 Å². The molecule has 0 saturated carbocycles. The molecule has 17 heavy (non-hydrogen) atoms. The van der Waals surface area contributed by atoms with E-state index in [0.29, 0.717) is 11.4 Å². The summed E-state index contributed by atoms with van der Waals surface area (Å²) in [6.45, 7) is -0.537. The molecule has 1 aromatic carbocycles. The standard InChI is InChI=1S/C11H11NO5/c1-16-8-4-2-7(3-5-8)12-10(14)9(6-13)17-11(12)15/h2-5,13-14H,6H2,1H3. The number of hydrogen-bond donors (Lipinski definition) is 2. The van der Waals surface area contributed by atoms with Crippen molar-refractivity contribution in [3.8, 4) is 17.3 Å². The van der Waals surface area contributed by atoms with Gasteiger partial charge >= 0.3 is 5.76 Å². The molecule has 2 rings (SSSR count). The Labute approximate surface area is 96.3 Å². The quantitative estimate of drug-likeness (QED) is 0.818. The zero-order valence-electron chi connectivity index (χ0n) is 9.08. The summed E-state index contributed by atoms with van der Waals surface area (Å²) in [7, 11) is 1.53. The van der Waals surface area contributed by atoms with Crippen LogP contribution in [0.1, 0.15) is 5.76 Å². The number of methoxy groups -OCH3 is 1. The van der Waals surface area contributed by atoms with Crippen LogP contribution in [0.5, 0.6) is 11.6 Å². The van der Waals surface area contributed by atoms with Crippen molar-refractivity contribution in [2.75, 3.05) is 7.11 Å². The van der Waals surface area contributed by atoms with E-state index in [2.05, 4.69) is 4.42 Å². The van der Waals surface area contributed by atoms with Crippen molar-refractivity contribution in [2.45, 2.75) is 6.61 Å². The Morgan fingerprint density at radius 1 is 1.35 bits per heavy atom. The molecule has 90 valence electrons. The first-order valence-corrected chi connectivity index (χ1v) is 4.86. The predicted octanol–water partition coefficient (Wildman–Crippen LogP) is 0.637. The topological polar surface area (TPSA) is 84.8 Å². The van der Waals surface area contributed by atoms with Gasteiger partial charge < -0.3 is 19.4 Å². The van der Waals surface area contributed by atoms with Crippen molar-refractivity contribution in [1.29, 1.82) is 0 Å². The minimum Gasteiger partial charge on any atom is -0.497 e. The lowest BCUT2D eigenvalue weighted by Crippen LogP contribution is -2.11. The van der Waals surface area contributed by atoms with Crippen LogP contribution in [0.4, 0.5) is 0 Å². The molecule has 1 heterocycles. The molecule has 2 N–H and O–H groups in total. The third-order valence-corrected chi connectivity index (χ3v) is 2.33. The summed E-state index contributed by atoms with van der Waals surface area (Å²) in [5.74, 6) is -0.683. The lowest BCUT2D eigenvalue weighted by Gasteiger charge is -2.03. The minimum atomic E-state index is -0.753. The Morgan fingerprint density at radius 2 is 2.00 bits per heavy atom. The van der Waals surface area contributed by atoms with Crippen LogP contribution in [-0.4, -0.2) is 21.9 Å². The molecule has 0 spiro atoms. The van der Waals surface area contributed by atoms with Gasteiger partial charge in [-0.05, 0) is 24.3 Å². The maximum atomic E-state index is 11.5. The number of aromatic hydroxyl groups is 1. The maximum Gasteiger partial charge on any atom is 0.426 e. The second kappa shape index (κ2) is 4.34. The number of aliphatic hydroxyl groups is 1. The van der Waals surface area contributed by atoms with Gasteiger partial charge in [0.05, 0.1) is 12.8 Å². The van der Waals surface area contributed by atoms with E-state index in [1.54, 1.807) is 24.3 Å². The molecule has 0 aliphatic rings. The van der Waals surface area contributed by atoms with Crippen molar-refractivity contribution in [3.05, 3.63) is 40.6 Å². The molecule has 0 fully saturated rings. The highest BCUT2D eigenvalue weighted by molar-refractivity contribution is 5.40. The first-order chi connectivity index (χ1) is 8.17. The van der Waals surface area contributed by atoms with Gasteiger partial charge in [-0.25, -0.2) is 9.36 Å². The number of hydrogen-bond acceptors (Lipinski definition) is 5. The first kappa shape index (κ1) is 11.3. The van der Waals surface area contributed by atoms with Crippen molar-refractivity contribution < 1.29 is 19.4 Å². The summed E-state index contributed by atoms with van der Waals surface area (Å²) in [4.78, 5) is 11.5. The maximum absolute atomic E-state index is 11.5. The zero-order valence-corrected chi connectivity index (χ0v) is 9.08. The highest BCUT2D eigenvalue weighted by Crippen LogP contribution is 2.21. The molecule has 2 aromatic rings. The van der Waals surface area contributed by atoms with Gasteiger partial charge in [-0.1, -0.05) is 0 Å². The van der Waals surface area contributed by atoms with Gasteiger partial charge in [0.25, 0.3) is 0 Å². The van der Waals surface area contributed by atoms with Crippen LogP contribution in [0, 0.1) is 0 Å². The number of nitrogens with zero attached hydrogens (tertiary/aromatic N) is 1. The van der Waals surface area contributed by atoms with E-state index < -0.39 is 18.2 Å². The van der Waals surface area contributed by atoms with Gasteiger partial charge in [0.2, 0.25) is 5.88 Å². The summed E-state index contributed by atoms with van der Waals surface area (Å²) >= 11 is 0. The van der Waals surface area contributed by atoms with E-state index in [4.69, 9.17) is 9.84 Å². The number of aliphatic hydroxyl groups excluding tert-OH is 1. The summed E-state index contributed by atoms with van der Waals surface area (Å²) in [5.41, 5.74) is 0.428. The molecule has 6 heteroatoms. The van der Waals surface area contributed by atoms with Crippen LogP contribution < -0.4 is 10.5 Å². The van der Waals surface area contributed by atoms with Gasteiger partial charge in [-0.15, -0.1) is 0 Å². The van der Waals surface area contributed by atoms with Crippen LogP contribution in [0.15, 0.2) is 33.5 Å². The average molecular weight is 237 g/mol. The molecule has 0 unspecified atom stereocenters. The molecule has 0 amide bonds. The highest BCUT2D eigenvalue weighted by Gasteiger charge is 2.16. The molecule has 1 aromatic heterocycles. The molecule has 0 atom stereocenters. The van der Waals surface area contributed by atoms with Gasteiger partial charge in [0.1, 0.15) is 12.4 Å². The molecule has 0 aliphatic carbocycles. The summed E-state index contributed by atoms with van der Waals surface area (Å²) in [6, 6.07) is 6.48. The largest absolute Gasteiger partial charge is 0.497 e. The lowest BCUT2D eigenvalue weighted by molar-refractivity contribution is 0.236. The van der Waals surface area contributed by atoms with E-state index in [0.717, 1.165) is 4.57 Å². The fourth-order valence-corrected chi connectivity index (χ4v) is 1.47. The number of aromatic nitrogens is 1. The third kappa shape index (κ3) is 1.90. The van der Waals surface area contributed by atoms with E-state index in [1.807, 2.05) is 0 Å². The third-order valence-electron chi connectivity index (χ3n) is 2.33. The number of benzene rings is 1. The Hall–Kier alpha value is -2.21. The van der Waals surface area contributed by atoms with Gasteiger partial charge in [-0.3, -0.25) is 0 Å². The van der Waals surface area contributed by atoms with E-state index >= 15 is 0 Å². The van der Waals surface area contributed by atoms with E-state index in [9.17, 15) is 9.90 Å². The smallest absolute Gasteiger partial charge is 0.426 e. The number of oxazole rings is 1. The van der Waals surface area contributed by atoms with Crippen molar-refractivity contribution in [1.82, 2.24) is 4.57 Å². The van der Waals surface area contributed by atoms with Crippen LogP contribution >= 0.6 is 0 Å². The van der Waals surface area contributed by atoms with Crippen LogP contribution in [0.2, 0.25) is 0 Å². The van der Waals surface area contributed by atoms with Gasteiger partial charge in [0, 0.05) is 0 Å². The second-order valence-electron chi connectivity index (χ2n) is 3.31. The number of ether oxygens (including phenoxy) is 1. The fourth-order valence-electron chi connectivity index (χ4n) is 1.47. The average Bonchev–Trinajstić information content (AvgIpc) is 2.64. The molecule has 0 radical (unpaired) electrons. The van der Waals surface area contributed by atoms with Crippen LogP contribution in [-0.2, 0) is 6.61 Å². The molecular formula is C11H11NO5. The van der Waals surface area contributed by atoms with E-state index in [-0.39, 0.29) is 5.76 Å². The zero-order chi connectivity index (χ0) is 12.4. The summed E-state index contributed by atoms with van der Waals surface area (Å²) < 4.78 is 10.6. The van der Waals surface area contributed by atoms with Crippen LogP contribution in [0.3, 0.4) is 0 Å². The first-order valence-electron chi connectivity index (χ1n) is 4.86. The molecule has 0 saturated heterocycles. The Bertz CT molecular complexity index is 567. The van der Waals surface area contributed by atoms with E-state index in [1.165, 1.54) is 7.11 Å². The molecule has 6 nitrogen and oxygen atoms in total. The number of rotatable bonds is 3. The molecule has 0 bridgehead atoms.